The first kappa shape index (κ1) is 28.0. The average Bonchev–Trinajstić information content (AvgIpc) is 3.04. The number of carbonyl (C=O) groups is 2. The predicted octanol–water partition coefficient (Wildman–Crippen LogP) is 6.16. The topological polar surface area (TPSA) is 110 Å². The van der Waals surface area contributed by atoms with Crippen LogP contribution in [0, 0.1) is 0 Å². The number of methoxy groups -OCH3 is 4. The Kier molecular flexibility index (Phi) is 7.31. The Morgan fingerprint density at radius 1 is 0.721 bits per heavy atom. The van der Waals surface area contributed by atoms with E-state index in [9.17, 15) is 14.7 Å². The fourth-order valence-corrected chi connectivity index (χ4v) is 5.65. The zero-order valence-electron chi connectivity index (χ0n) is 24.1. The van der Waals surface area contributed by atoms with E-state index >= 15 is 0 Å². The van der Waals surface area contributed by atoms with E-state index in [0.717, 1.165) is 0 Å². The van der Waals surface area contributed by atoms with Gasteiger partial charge in [0.15, 0.2) is 23.1 Å². The van der Waals surface area contributed by atoms with Crippen molar-refractivity contribution < 1.29 is 43.1 Å². The summed E-state index contributed by atoms with van der Waals surface area (Å²) in [4.78, 5) is 27.0. The van der Waals surface area contributed by atoms with Gasteiger partial charge in [0.25, 0.3) is 0 Å². The molecule has 0 aromatic heterocycles. The fraction of sp³-hybridized carbons (Fsp3) is 0.235. The van der Waals surface area contributed by atoms with Gasteiger partial charge in [0.2, 0.25) is 0 Å². The summed E-state index contributed by atoms with van der Waals surface area (Å²) in [6, 6.07) is 18.8. The zero-order chi connectivity index (χ0) is 30.2. The van der Waals surface area contributed by atoms with Gasteiger partial charge < -0.3 is 33.5 Å². The summed E-state index contributed by atoms with van der Waals surface area (Å²) in [6.07, 6.45) is -0.543. The van der Waals surface area contributed by atoms with Crippen LogP contribution < -0.4 is 28.4 Å². The second-order valence-corrected chi connectivity index (χ2v) is 10.2. The number of ketones is 2. The van der Waals surface area contributed by atoms with Gasteiger partial charge in [0.1, 0.15) is 41.5 Å². The summed E-state index contributed by atoms with van der Waals surface area (Å²) >= 11 is 0. The number of aromatic hydroxyl groups is 1. The van der Waals surface area contributed by atoms with Gasteiger partial charge in [0, 0.05) is 11.6 Å². The molecule has 6 rings (SSSR count). The molecule has 0 saturated heterocycles. The third-order valence-corrected chi connectivity index (χ3v) is 7.92. The highest BCUT2D eigenvalue weighted by molar-refractivity contribution is 6.05. The minimum absolute atomic E-state index is 0.0979. The van der Waals surface area contributed by atoms with Gasteiger partial charge in [-0.2, -0.15) is 0 Å². The van der Waals surface area contributed by atoms with Crippen LogP contribution in [-0.4, -0.2) is 51.7 Å². The van der Waals surface area contributed by atoms with Crippen molar-refractivity contribution in [3.63, 3.8) is 0 Å². The number of benzene rings is 4. The highest BCUT2D eigenvalue weighted by atomic mass is 16.5. The molecule has 220 valence electrons. The normalized spacial score (nSPS) is 17.2. The van der Waals surface area contributed by atoms with Crippen molar-refractivity contribution in [3.8, 4) is 51.4 Å². The summed E-state index contributed by atoms with van der Waals surface area (Å²) in [5.41, 5.74) is 2.95. The van der Waals surface area contributed by atoms with Crippen molar-refractivity contribution in [2.75, 3.05) is 35.0 Å². The monoisotopic (exact) mass is 582 g/mol. The summed E-state index contributed by atoms with van der Waals surface area (Å²) in [7, 11) is 6.16. The van der Waals surface area contributed by atoms with E-state index in [1.165, 1.54) is 20.3 Å². The smallest absolute Gasteiger partial charge is 0.177 e. The summed E-state index contributed by atoms with van der Waals surface area (Å²) in [5, 5.41) is 11.2. The lowest BCUT2D eigenvalue weighted by atomic mass is 9.86. The molecule has 0 aliphatic carbocycles. The van der Waals surface area contributed by atoms with E-state index in [2.05, 4.69) is 0 Å². The maximum absolute atomic E-state index is 13.6. The third-order valence-electron chi connectivity index (χ3n) is 7.92. The van der Waals surface area contributed by atoms with Gasteiger partial charge >= 0.3 is 0 Å². The van der Waals surface area contributed by atoms with Crippen LogP contribution in [0.5, 0.6) is 40.2 Å². The van der Waals surface area contributed by atoms with E-state index in [1.54, 1.807) is 68.8 Å². The maximum atomic E-state index is 13.6. The molecular weight excluding hydrogens is 552 g/mol. The van der Waals surface area contributed by atoms with Gasteiger partial charge in [0.05, 0.1) is 57.5 Å². The predicted molar refractivity (Wildman–Crippen MR) is 158 cm³/mol. The molecule has 0 fully saturated rings. The molecule has 43 heavy (non-hydrogen) atoms. The lowest BCUT2D eigenvalue weighted by Gasteiger charge is -2.29. The highest BCUT2D eigenvalue weighted by Gasteiger charge is 2.35. The Hall–Kier alpha value is -5.18. The number of phenolic OH excluding ortho intramolecular Hbond substituents is 1. The van der Waals surface area contributed by atoms with Crippen LogP contribution in [0.25, 0.3) is 11.1 Å². The van der Waals surface area contributed by atoms with Crippen molar-refractivity contribution in [1.82, 2.24) is 0 Å². The Morgan fingerprint density at radius 3 is 2.19 bits per heavy atom. The molecule has 2 unspecified atom stereocenters. The van der Waals surface area contributed by atoms with Crippen molar-refractivity contribution in [2.45, 2.75) is 18.4 Å². The Labute approximate surface area is 248 Å². The molecule has 2 atom stereocenters. The Balaban J connectivity index is 1.42. The molecule has 0 amide bonds. The summed E-state index contributed by atoms with van der Waals surface area (Å²) < 4.78 is 34.2. The number of carbonyl (C=O) groups excluding carboxylic acids is 2. The van der Waals surface area contributed by atoms with Gasteiger partial charge in [-0.15, -0.1) is 0 Å². The standard InChI is InChI=1S/C34H30O9/c1-38-20-7-8-22-30(15-20)42-17-24(33(22)37)18-5-11-27(39-2)23(13-18)32-25(35)10-9-21-26(36)16-29(43-34(21)32)19-6-12-28(40-3)31(14-19)41-4/h5-15,24,29,35H,16-17H2,1-4H3. The molecule has 4 aromatic rings. The number of fused-ring (bicyclic) bond motifs is 2. The van der Waals surface area contributed by atoms with Gasteiger partial charge in [-0.3, -0.25) is 9.59 Å². The van der Waals surface area contributed by atoms with Crippen molar-refractivity contribution >= 4 is 11.6 Å². The van der Waals surface area contributed by atoms with Gasteiger partial charge in [-0.1, -0.05) is 12.1 Å². The van der Waals surface area contributed by atoms with Crippen molar-refractivity contribution in [3.05, 3.63) is 89.0 Å². The molecule has 0 bridgehead atoms. The lowest BCUT2D eigenvalue weighted by molar-refractivity contribution is 0.0849. The highest BCUT2D eigenvalue weighted by Crippen LogP contribution is 2.50. The van der Waals surface area contributed by atoms with Crippen LogP contribution in [0.1, 0.15) is 50.3 Å². The van der Waals surface area contributed by atoms with E-state index in [-0.39, 0.29) is 36.1 Å². The number of hydrogen-bond donors (Lipinski definition) is 1. The summed E-state index contributed by atoms with van der Waals surface area (Å²) in [6.45, 7) is 0.125. The summed E-state index contributed by atoms with van der Waals surface area (Å²) in [5.74, 6) is 1.86. The Morgan fingerprint density at radius 2 is 1.44 bits per heavy atom. The fourth-order valence-electron chi connectivity index (χ4n) is 5.65. The molecule has 0 saturated carbocycles. The molecule has 9 nitrogen and oxygen atoms in total. The largest absolute Gasteiger partial charge is 0.507 e. The first-order valence-corrected chi connectivity index (χ1v) is 13.7. The lowest BCUT2D eigenvalue weighted by Crippen LogP contribution is -2.26. The average molecular weight is 583 g/mol. The van der Waals surface area contributed by atoms with E-state index in [4.69, 9.17) is 28.4 Å². The van der Waals surface area contributed by atoms with Gasteiger partial charge in [-0.25, -0.2) is 0 Å². The molecule has 1 N–H and O–H groups in total. The van der Waals surface area contributed by atoms with E-state index < -0.39 is 12.0 Å². The number of phenols is 1. The van der Waals surface area contributed by atoms with Crippen LogP contribution in [0.4, 0.5) is 0 Å². The number of ether oxygens (including phenoxy) is 6. The molecule has 2 aliphatic rings. The first-order chi connectivity index (χ1) is 20.9. The second-order valence-electron chi connectivity index (χ2n) is 10.2. The minimum Gasteiger partial charge on any atom is -0.507 e. The first-order valence-electron chi connectivity index (χ1n) is 13.7. The van der Waals surface area contributed by atoms with Crippen LogP contribution in [0.15, 0.2) is 66.7 Å². The number of Topliss-reactive ketones (excluding diaryl/α,β-unsaturated/α-hetero) is 2. The van der Waals surface area contributed by atoms with Crippen LogP contribution in [0.3, 0.4) is 0 Å². The minimum atomic E-state index is -0.642. The quantitative estimate of drug-likeness (QED) is 0.274. The number of hydrogen-bond acceptors (Lipinski definition) is 9. The molecule has 2 heterocycles. The van der Waals surface area contributed by atoms with Crippen LogP contribution in [-0.2, 0) is 0 Å². The van der Waals surface area contributed by atoms with Crippen molar-refractivity contribution in [2.24, 2.45) is 0 Å². The van der Waals surface area contributed by atoms with Crippen LogP contribution >= 0.6 is 0 Å². The molecular formula is C34H30O9. The molecule has 4 aromatic carbocycles. The number of rotatable bonds is 7. The third kappa shape index (κ3) is 4.86. The molecule has 2 aliphatic heterocycles. The van der Waals surface area contributed by atoms with E-state index in [0.29, 0.717) is 62.1 Å². The van der Waals surface area contributed by atoms with Gasteiger partial charge in [-0.05, 0) is 59.7 Å². The SMILES string of the molecule is COc1ccc2c(c1)OCC(c1ccc(OC)c(-c3c(O)ccc4c3OC(c3ccc(OC)c(OC)c3)CC4=O)c1)C2=O. The Bertz CT molecular complexity index is 1740. The molecule has 9 heteroatoms. The van der Waals surface area contributed by atoms with Crippen LogP contribution in [0.2, 0.25) is 0 Å². The zero-order valence-corrected chi connectivity index (χ0v) is 24.1. The second kappa shape index (κ2) is 11.2. The maximum Gasteiger partial charge on any atom is 0.177 e. The van der Waals surface area contributed by atoms with E-state index in [1.807, 2.05) is 6.07 Å². The van der Waals surface area contributed by atoms with Crippen molar-refractivity contribution in [1.29, 1.82) is 0 Å². The molecule has 0 radical (unpaired) electrons. The molecule has 0 spiro atoms.